The molecule has 1 atom stereocenters. The van der Waals surface area contributed by atoms with Crippen molar-refractivity contribution < 1.29 is 19.1 Å². The fraction of sp³-hybridized carbons (Fsp3) is 0.353. The number of carbonyl (C=O) groups is 2. The number of likely N-dealkylation sites (tertiary alicyclic amines) is 1. The molecule has 1 aliphatic heterocycles. The van der Waals surface area contributed by atoms with Gasteiger partial charge in [-0.25, -0.2) is 9.78 Å². The molecule has 3 rings (SSSR count). The third kappa shape index (κ3) is 3.24. The van der Waals surface area contributed by atoms with Crippen molar-refractivity contribution in [2.24, 2.45) is 5.92 Å². The molecule has 7 heteroatoms. The highest BCUT2D eigenvalue weighted by atomic mass is 16.4. The average molecular weight is 329 g/mol. The van der Waals surface area contributed by atoms with Crippen LogP contribution in [0.2, 0.25) is 0 Å². The number of aromatic nitrogens is 1. The number of carboxylic acids is 1. The molecule has 1 aromatic carbocycles. The van der Waals surface area contributed by atoms with Crippen LogP contribution in [0, 0.1) is 19.8 Å². The highest BCUT2D eigenvalue weighted by Gasteiger charge is 2.30. The summed E-state index contributed by atoms with van der Waals surface area (Å²) in [6, 6.07) is 5.20. The number of nitrogens with one attached hydrogen (secondary N) is 1. The smallest absolute Gasteiger partial charge is 0.321 e. The molecule has 1 fully saturated rings. The van der Waals surface area contributed by atoms with E-state index < -0.39 is 11.9 Å². The molecule has 2 N–H and O–H groups in total. The van der Waals surface area contributed by atoms with Gasteiger partial charge >= 0.3 is 12.0 Å². The Bertz CT molecular complexity index is 784. The molecule has 1 saturated heterocycles. The zero-order chi connectivity index (χ0) is 17.3. The van der Waals surface area contributed by atoms with Gasteiger partial charge in [-0.2, -0.15) is 0 Å². The van der Waals surface area contributed by atoms with E-state index in [1.807, 2.05) is 26.0 Å². The summed E-state index contributed by atoms with van der Waals surface area (Å²) in [5, 5.41) is 11.8. The summed E-state index contributed by atoms with van der Waals surface area (Å²) in [5.41, 5.74) is 3.21. The molecule has 0 spiro atoms. The van der Waals surface area contributed by atoms with Crippen LogP contribution in [0.4, 0.5) is 10.5 Å². The van der Waals surface area contributed by atoms with Crippen LogP contribution in [0.1, 0.15) is 17.7 Å². The lowest BCUT2D eigenvalue weighted by molar-refractivity contribution is -0.141. The predicted octanol–water partition coefficient (Wildman–Crippen LogP) is 2.90. The second kappa shape index (κ2) is 6.35. The third-order valence-corrected chi connectivity index (χ3v) is 4.16. The quantitative estimate of drug-likeness (QED) is 0.902. The Morgan fingerprint density at radius 1 is 1.38 bits per heavy atom. The van der Waals surface area contributed by atoms with Crippen molar-refractivity contribution in [3.8, 4) is 11.5 Å². The van der Waals surface area contributed by atoms with Crippen LogP contribution in [-0.2, 0) is 4.79 Å². The minimum Gasteiger partial charge on any atom is -0.481 e. The number of anilines is 1. The van der Waals surface area contributed by atoms with Crippen molar-refractivity contribution in [1.29, 1.82) is 0 Å². The molecule has 7 nitrogen and oxygen atoms in total. The van der Waals surface area contributed by atoms with E-state index in [0.29, 0.717) is 24.5 Å². The molecule has 2 amide bonds. The van der Waals surface area contributed by atoms with E-state index in [9.17, 15) is 9.59 Å². The Labute approximate surface area is 139 Å². The molecule has 0 radical (unpaired) electrons. The van der Waals surface area contributed by atoms with Crippen LogP contribution in [0.3, 0.4) is 0 Å². The van der Waals surface area contributed by atoms with Gasteiger partial charge in [-0.1, -0.05) is 6.07 Å². The van der Waals surface area contributed by atoms with Crippen molar-refractivity contribution in [3.05, 3.63) is 35.7 Å². The zero-order valence-electron chi connectivity index (χ0n) is 13.6. The summed E-state index contributed by atoms with van der Waals surface area (Å²) in [7, 11) is 0. The molecule has 24 heavy (non-hydrogen) atoms. The molecular formula is C17H19N3O4. The van der Waals surface area contributed by atoms with Crippen molar-refractivity contribution >= 4 is 17.7 Å². The number of carbonyl (C=O) groups excluding carboxylic acids is 1. The average Bonchev–Trinajstić information content (AvgIpc) is 3.18. The summed E-state index contributed by atoms with van der Waals surface area (Å²) >= 11 is 0. The molecule has 2 aromatic rings. The maximum absolute atomic E-state index is 12.3. The lowest BCUT2D eigenvalue weighted by Crippen LogP contribution is -2.33. The van der Waals surface area contributed by atoms with E-state index in [-0.39, 0.29) is 12.6 Å². The van der Waals surface area contributed by atoms with Crippen molar-refractivity contribution in [2.45, 2.75) is 20.3 Å². The van der Waals surface area contributed by atoms with Gasteiger partial charge in [0.1, 0.15) is 6.26 Å². The van der Waals surface area contributed by atoms with Crippen LogP contribution in [0.5, 0.6) is 0 Å². The number of rotatable bonds is 3. The number of urea groups is 1. The van der Waals surface area contributed by atoms with Gasteiger partial charge in [0.25, 0.3) is 0 Å². The lowest BCUT2D eigenvalue weighted by Gasteiger charge is -2.17. The molecule has 0 saturated carbocycles. The van der Waals surface area contributed by atoms with Gasteiger partial charge in [-0.05, 0) is 38.0 Å². The number of benzene rings is 1. The van der Waals surface area contributed by atoms with Crippen LogP contribution in [-0.4, -0.2) is 40.1 Å². The summed E-state index contributed by atoms with van der Waals surface area (Å²) in [4.78, 5) is 29.1. The number of nitrogens with zero attached hydrogens (tertiary/aromatic N) is 2. The molecule has 126 valence electrons. The number of carboxylic acid groups (broad SMARTS) is 1. The lowest BCUT2D eigenvalue weighted by atomic mass is 10.1. The number of aryl methyl sites for hydroxylation is 2. The second-order valence-electron chi connectivity index (χ2n) is 6.02. The van der Waals surface area contributed by atoms with Gasteiger partial charge in [-0.3, -0.25) is 4.79 Å². The van der Waals surface area contributed by atoms with Crippen LogP contribution >= 0.6 is 0 Å². The second-order valence-corrected chi connectivity index (χ2v) is 6.02. The van der Waals surface area contributed by atoms with Gasteiger partial charge in [0.2, 0.25) is 5.89 Å². The van der Waals surface area contributed by atoms with Crippen molar-refractivity contribution in [2.75, 3.05) is 18.4 Å². The minimum atomic E-state index is -0.859. The van der Waals surface area contributed by atoms with Gasteiger partial charge < -0.3 is 19.7 Å². The van der Waals surface area contributed by atoms with Crippen molar-refractivity contribution in [3.63, 3.8) is 0 Å². The van der Waals surface area contributed by atoms with E-state index in [4.69, 9.17) is 9.52 Å². The van der Waals surface area contributed by atoms with Crippen LogP contribution in [0.25, 0.3) is 11.5 Å². The zero-order valence-corrected chi connectivity index (χ0v) is 13.6. The first-order valence-electron chi connectivity index (χ1n) is 7.76. The van der Waals surface area contributed by atoms with E-state index in [2.05, 4.69) is 10.3 Å². The third-order valence-electron chi connectivity index (χ3n) is 4.16. The normalized spacial score (nSPS) is 17.1. The van der Waals surface area contributed by atoms with Crippen LogP contribution in [0.15, 0.2) is 28.9 Å². The molecule has 1 aliphatic rings. The van der Waals surface area contributed by atoms with Gasteiger partial charge in [-0.15, -0.1) is 0 Å². The highest BCUT2D eigenvalue weighted by molar-refractivity contribution is 5.91. The van der Waals surface area contributed by atoms with Gasteiger partial charge in [0, 0.05) is 24.3 Å². The van der Waals surface area contributed by atoms with E-state index >= 15 is 0 Å². The molecule has 1 aromatic heterocycles. The van der Waals surface area contributed by atoms with E-state index in [1.54, 1.807) is 12.3 Å². The fourth-order valence-corrected chi connectivity index (χ4v) is 2.76. The van der Waals surface area contributed by atoms with Crippen molar-refractivity contribution in [1.82, 2.24) is 9.88 Å². The number of amides is 2. The summed E-state index contributed by atoms with van der Waals surface area (Å²) < 4.78 is 5.43. The first-order valence-corrected chi connectivity index (χ1v) is 7.76. The monoisotopic (exact) mass is 329 g/mol. The number of hydrogen-bond donors (Lipinski definition) is 2. The van der Waals surface area contributed by atoms with Gasteiger partial charge in [0.15, 0.2) is 0 Å². The Morgan fingerprint density at radius 3 is 2.79 bits per heavy atom. The summed E-state index contributed by atoms with van der Waals surface area (Å²) in [6.07, 6.45) is 2.06. The Morgan fingerprint density at radius 2 is 2.17 bits per heavy atom. The SMILES string of the molecule is Cc1coc(-c2cc(NC(=O)N3CCC(C(=O)O)C3)ccc2C)n1. The number of hydrogen-bond acceptors (Lipinski definition) is 4. The number of aliphatic carboxylic acids is 1. The standard InChI is InChI=1S/C17H19N3O4/c1-10-3-4-13(7-14(10)15-18-11(2)9-24-15)19-17(23)20-6-5-12(8-20)16(21)22/h3-4,7,9,12H,5-6,8H2,1-2H3,(H,19,23)(H,21,22). The molecule has 0 bridgehead atoms. The first-order chi connectivity index (χ1) is 11.4. The van der Waals surface area contributed by atoms with E-state index in [0.717, 1.165) is 16.8 Å². The molecule has 1 unspecified atom stereocenters. The van der Waals surface area contributed by atoms with E-state index in [1.165, 1.54) is 4.90 Å². The topological polar surface area (TPSA) is 95.7 Å². The Hall–Kier alpha value is -2.83. The maximum atomic E-state index is 12.3. The maximum Gasteiger partial charge on any atom is 0.321 e. The van der Waals surface area contributed by atoms with Crippen LogP contribution < -0.4 is 5.32 Å². The number of oxazole rings is 1. The fourth-order valence-electron chi connectivity index (χ4n) is 2.76. The largest absolute Gasteiger partial charge is 0.481 e. The summed E-state index contributed by atoms with van der Waals surface area (Å²) in [6.45, 7) is 4.47. The molecule has 0 aliphatic carbocycles. The van der Waals surface area contributed by atoms with Gasteiger partial charge in [0.05, 0.1) is 11.6 Å². The highest BCUT2D eigenvalue weighted by Crippen LogP contribution is 2.26. The first kappa shape index (κ1) is 16.0. The minimum absolute atomic E-state index is 0.235. The Kier molecular flexibility index (Phi) is 4.24. The predicted molar refractivity (Wildman–Crippen MR) is 87.7 cm³/mol. The molecule has 2 heterocycles. The summed E-state index contributed by atoms with van der Waals surface area (Å²) in [5.74, 6) is -0.838. The molecular weight excluding hydrogens is 310 g/mol. The Balaban J connectivity index is 1.74.